The number of sulfonamides is 1. The molecule has 0 aliphatic carbocycles. The van der Waals surface area contributed by atoms with Crippen LogP contribution in [0.2, 0.25) is 5.02 Å². The highest BCUT2D eigenvalue weighted by atomic mass is 127. The van der Waals surface area contributed by atoms with E-state index in [1.807, 2.05) is 20.8 Å². The molecule has 0 saturated carbocycles. The van der Waals surface area contributed by atoms with Crippen molar-refractivity contribution < 1.29 is 12.8 Å². The first-order valence-electron chi connectivity index (χ1n) is 6.54. The fourth-order valence-corrected chi connectivity index (χ4v) is 2.79. The summed E-state index contributed by atoms with van der Waals surface area (Å²) in [5, 5.41) is 3.07. The molecule has 1 aromatic carbocycles. The lowest BCUT2D eigenvalue weighted by Gasteiger charge is -2.20. The highest BCUT2D eigenvalue weighted by Gasteiger charge is 2.18. The Bertz CT molecular complexity index is 662. The number of benzene rings is 1. The third-order valence-electron chi connectivity index (χ3n) is 2.37. The van der Waals surface area contributed by atoms with Gasteiger partial charge < -0.3 is 11.1 Å². The molecule has 1 rings (SSSR count). The molecule has 1 aromatic rings. The summed E-state index contributed by atoms with van der Waals surface area (Å²) in [5.41, 5.74) is 5.41. The largest absolute Gasteiger partial charge is 0.370 e. The third kappa shape index (κ3) is 8.13. The maximum atomic E-state index is 13.6. The van der Waals surface area contributed by atoms with Crippen LogP contribution in [0.3, 0.4) is 0 Å². The minimum absolute atomic E-state index is 0. The predicted molar refractivity (Wildman–Crippen MR) is 101 cm³/mol. The van der Waals surface area contributed by atoms with Gasteiger partial charge in [-0.15, -0.1) is 24.0 Å². The van der Waals surface area contributed by atoms with E-state index in [2.05, 4.69) is 15.0 Å². The second-order valence-corrected chi connectivity index (χ2v) is 7.79. The maximum Gasteiger partial charge on any atom is 0.243 e. The fraction of sp³-hybridized carbons (Fsp3) is 0.462. The van der Waals surface area contributed by atoms with Crippen LogP contribution in [0.1, 0.15) is 20.8 Å². The fourth-order valence-electron chi connectivity index (χ4n) is 1.55. The van der Waals surface area contributed by atoms with Gasteiger partial charge in [0.05, 0.1) is 6.54 Å². The second kappa shape index (κ2) is 9.00. The number of halogens is 3. The molecule has 0 aromatic heterocycles. The summed E-state index contributed by atoms with van der Waals surface area (Å²) < 4.78 is 39.8. The summed E-state index contributed by atoms with van der Waals surface area (Å²) >= 11 is 5.59. The van der Waals surface area contributed by atoms with Crippen LogP contribution in [0.4, 0.5) is 4.39 Å². The molecule has 0 radical (unpaired) electrons. The number of aliphatic imine (C=N–C) groups is 1. The zero-order valence-corrected chi connectivity index (χ0v) is 17.0. The van der Waals surface area contributed by atoms with Gasteiger partial charge in [0.15, 0.2) is 5.96 Å². The zero-order valence-electron chi connectivity index (χ0n) is 13.1. The van der Waals surface area contributed by atoms with Gasteiger partial charge >= 0.3 is 0 Å². The molecule has 0 spiro atoms. The van der Waals surface area contributed by atoms with E-state index in [0.717, 1.165) is 12.1 Å². The topological polar surface area (TPSA) is 96.6 Å². The Morgan fingerprint density at radius 2 is 2.00 bits per heavy atom. The van der Waals surface area contributed by atoms with Crippen LogP contribution in [-0.2, 0) is 10.0 Å². The molecule has 0 aliphatic rings. The Morgan fingerprint density at radius 1 is 1.39 bits per heavy atom. The molecule has 0 saturated heterocycles. The zero-order chi connectivity index (χ0) is 17.0. The Hall–Kier alpha value is -0.650. The van der Waals surface area contributed by atoms with Gasteiger partial charge in [0.2, 0.25) is 10.0 Å². The summed E-state index contributed by atoms with van der Waals surface area (Å²) in [6.45, 7) is 5.88. The Kier molecular flexibility index (Phi) is 8.74. The molecule has 0 unspecified atom stereocenters. The van der Waals surface area contributed by atoms with Crippen molar-refractivity contribution in [1.82, 2.24) is 10.0 Å². The molecule has 10 heteroatoms. The molecular weight excluding hydrogens is 458 g/mol. The monoisotopic (exact) mass is 478 g/mol. The molecule has 0 bridgehead atoms. The van der Waals surface area contributed by atoms with Crippen molar-refractivity contribution in [1.29, 1.82) is 0 Å². The van der Waals surface area contributed by atoms with Gasteiger partial charge in [0.25, 0.3) is 0 Å². The van der Waals surface area contributed by atoms with Crippen LogP contribution in [-0.4, -0.2) is 33.0 Å². The van der Waals surface area contributed by atoms with Crippen LogP contribution in [0, 0.1) is 5.82 Å². The van der Waals surface area contributed by atoms with E-state index in [4.69, 9.17) is 17.3 Å². The molecule has 132 valence electrons. The average molecular weight is 479 g/mol. The highest BCUT2D eigenvalue weighted by Crippen LogP contribution is 2.18. The van der Waals surface area contributed by atoms with E-state index in [9.17, 15) is 12.8 Å². The molecule has 0 heterocycles. The molecular formula is C13H21ClFIN4O2S. The minimum Gasteiger partial charge on any atom is -0.370 e. The smallest absolute Gasteiger partial charge is 0.243 e. The number of hydrogen-bond acceptors (Lipinski definition) is 3. The van der Waals surface area contributed by atoms with Crippen molar-refractivity contribution in [2.75, 3.05) is 13.1 Å². The SMILES string of the molecule is CC(C)(C)NC(N)=NCCNS(=O)(=O)c1ccc(Cl)cc1F.I. The Labute approximate surface area is 158 Å². The van der Waals surface area contributed by atoms with Gasteiger partial charge in [-0.2, -0.15) is 0 Å². The molecule has 6 nitrogen and oxygen atoms in total. The average Bonchev–Trinajstić information content (AvgIpc) is 2.32. The summed E-state index contributed by atoms with van der Waals surface area (Å²) in [4.78, 5) is 3.53. The van der Waals surface area contributed by atoms with Crippen LogP contribution >= 0.6 is 35.6 Å². The second-order valence-electron chi connectivity index (χ2n) is 5.61. The number of nitrogens with two attached hydrogens (primary N) is 1. The normalized spacial score (nSPS) is 12.7. The highest BCUT2D eigenvalue weighted by molar-refractivity contribution is 14.0. The van der Waals surface area contributed by atoms with Crippen molar-refractivity contribution in [2.45, 2.75) is 31.2 Å². The first kappa shape index (κ1) is 22.4. The molecule has 0 aliphatic heterocycles. The lowest BCUT2D eigenvalue weighted by Crippen LogP contribution is -2.45. The van der Waals surface area contributed by atoms with Crippen molar-refractivity contribution in [3.63, 3.8) is 0 Å². The summed E-state index contributed by atoms with van der Waals surface area (Å²) in [7, 11) is -3.95. The van der Waals surface area contributed by atoms with Crippen molar-refractivity contribution in [3.8, 4) is 0 Å². The summed E-state index contributed by atoms with van der Waals surface area (Å²) in [6.07, 6.45) is 0. The standard InChI is InChI=1S/C13H20ClFN4O2S.HI/c1-13(2,3)19-12(16)17-6-7-18-22(20,21)11-5-4-9(14)8-10(11)15;/h4-5,8,18H,6-7H2,1-3H3,(H3,16,17,19);1H. The third-order valence-corrected chi connectivity index (χ3v) is 4.10. The van der Waals surface area contributed by atoms with E-state index in [1.54, 1.807) is 0 Å². The number of rotatable bonds is 5. The van der Waals surface area contributed by atoms with E-state index < -0.39 is 20.7 Å². The van der Waals surface area contributed by atoms with Crippen LogP contribution in [0.25, 0.3) is 0 Å². The van der Waals surface area contributed by atoms with E-state index in [0.29, 0.717) is 0 Å². The van der Waals surface area contributed by atoms with Gasteiger partial charge in [0, 0.05) is 17.1 Å². The first-order valence-corrected chi connectivity index (χ1v) is 8.40. The van der Waals surface area contributed by atoms with E-state index >= 15 is 0 Å². The molecule has 4 N–H and O–H groups in total. The predicted octanol–water partition coefficient (Wildman–Crippen LogP) is 2.08. The number of nitrogens with one attached hydrogen (secondary N) is 2. The number of hydrogen-bond donors (Lipinski definition) is 3. The van der Waals surface area contributed by atoms with Crippen LogP contribution in [0.15, 0.2) is 28.1 Å². The minimum atomic E-state index is -3.95. The Morgan fingerprint density at radius 3 is 2.52 bits per heavy atom. The summed E-state index contributed by atoms with van der Waals surface area (Å²) in [6, 6.07) is 3.36. The van der Waals surface area contributed by atoms with Crippen LogP contribution in [0.5, 0.6) is 0 Å². The molecule has 0 fully saturated rings. The maximum absolute atomic E-state index is 13.6. The quantitative estimate of drug-likeness (QED) is 0.261. The van der Waals surface area contributed by atoms with Gasteiger partial charge in [-0.1, -0.05) is 11.6 Å². The number of guanidine groups is 1. The molecule has 23 heavy (non-hydrogen) atoms. The van der Waals surface area contributed by atoms with Crippen molar-refractivity contribution >= 4 is 51.6 Å². The number of nitrogens with zero attached hydrogens (tertiary/aromatic N) is 1. The lowest BCUT2D eigenvalue weighted by molar-refractivity contribution is 0.508. The first-order chi connectivity index (χ1) is 10.0. The van der Waals surface area contributed by atoms with E-state index in [1.165, 1.54) is 6.07 Å². The Balaban J connectivity index is 0.00000484. The summed E-state index contributed by atoms with van der Waals surface area (Å²) in [5.74, 6) is -0.693. The van der Waals surface area contributed by atoms with Crippen molar-refractivity contribution in [3.05, 3.63) is 29.0 Å². The van der Waals surface area contributed by atoms with E-state index in [-0.39, 0.29) is 53.6 Å². The lowest BCUT2D eigenvalue weighted by atomic mass is 10.1. The van der Waals surface area contributed by atoms with Gasteiger partial charge in [-0.25, -0.2) is 17.5 Å². The van der Waals surface area contributed by atoms with Gasteiger partial charge in [0.1, 0.15) is 10.7 Å². The van der Waals surface area contributed by atoms with Crippen LogP contribution < -0.4 is 15.8 Å². The molecule has 0 amide bonds. The van der Waals surface area contributed by atoms with Gasteiger partial charge in [-0.05, 0) is 39.0 Å². The van der Waals surface area contributed by atoms with Crippen molar-refractivity contribution in [2.24, 2.45) is 10.7 Å². The molecule has 0 atom stereocenters. The van der Waals surface area contributed by atoms with Gasteiger partial charge in [-0.3, -0.25) is 4.99 Å².